The number of phenols is 1. The van der Waals surface area contributed by atoms with Crippen molar-refractivity contribution in [2.45, 2.75) is 0 Å². The largest absolute Gasteiger partial charge is 0.507 e. The summed E-state index contributed by atoms with van der Waals surface area (Å²) in [7, 11) is 0. The Bertz CT molecular complexity index is 853. The molecule has 0 fully saturated rings. The van der Waals surface area contributed by atoms with Gasteiger partial charge in [-0.25, -0.2) is 0 Å². The fraction of sp³-hybridized carbons (Fsp3) is 0. The van der Waals surface area contributed by atoms with Gasteiger partial charge >= 0.3 is 0 Å². The zero-order valence-electron chi connectivity index (χ0n) is 10.1. The molecule has 0 radical (unpaired) electrons. The molecule has 3 rings (SSSR count). The van der Waals surface area contributed by atoms with Gasteiger partial charge in [-0.3, -0.25) is 4.79 Å². The summed E-state index contributed by atoms with van der Waals surface area (Å²) >= 11 is 9.03. The minimum Gasteiger partial charge on any atom is -0.507 e. The first kappa shape index (κ1) is 13.2. The minimum absolute atomic E-state index is 0.00374. The lowest BCUT2D eigenvalue weighted by Crippen LogP contribution is -2.01. The molecule has 0 aliphatic heterocycles. The topological polar surface area (TPSA) is 50.4 Å². The monoisotopic (exact) mass is 350 g/mol. The van der Waals surface area contributed by atoms with Crippen LogP contribution in [0.25, 0.3) is 22.3 Å². The summed E-state index contributed by atoms with van der Waals surface area (Å²) in [6.07, 6.45) is 0. The molecule has 100 valence electrons. The molecule has 0 unspecified atom stereocenters. The van der Waals surface area contributed by atoms with E-state index in [1.54, 1.807) is 30.3 Å². The van der Waals surface area contributed by atoms with Gasteiger partial charge in [0.15, 0.2) is 5.43 Å². The molecule has 3 aromatic rings. The van der Waals surface area contributed by atoms with Crippen LogP contribution in [-0.2, 0) is 0 Å². The first-order chi connectivity index (χ1) is 9.56. The molecule has 3 nitrogen and oxygen atoms in total. The zero-order valence-corrected chi connectivity index (χ0v) is 12.4. The Balaban J connectivity index is 2.28. The van der Waals surface area contributed by atoms with Gasteiger partial charge in [-0.2, -0.15) is 0 Å². The van der Waals surface area contributed by atoms with Crippen LogP contribution in [0.2, 0.25) is 5.02 Å². The molecule has 1 aromatic heterocycles. The maximum Gasteiger partial charge on any atom is 0.194 e. The number of fused-ring (bicyclic) bond motifs is 1. The molecular formula is C15H8BrClO3. The normalized spacial score (nSPS) is 10.9. The zero-order chi connectivity index (χ0) is 14.3. The number of hydrogen-bond acceptors (Lipinski definition) is 3. The van der Waals surface area contributed by atoms with E-state index in [-0.39, 0.29) is 11.2 Å². The summed E-state index contributed by atoms with van der Waals surface area (Å²) in [5.74, 6) is 0.459. The van der Waals surface area contributed by atoms with Crippen LogP contribution >= 0.6 is 27.5 Å². The molecular weight excluding hydrogens is 344 g/mol. The van der Waals surface area contributed by atoms with E-state index in [1.165, 1.54) is 12.1 Å². The van der Waals surface area contributed by atoms with Gasteiger partial charge in [0.25, 0.3) is 0 Å². The average molecular weight is 352 g/mol. The van der Waals surface area contributed by atoms with Crippen LogP contribution in [0, 0.1) is 0 Å². The van der Waals surface area contributed by atoms with Crippen molar-refractivity contribution in [3.63, 3.8) is 0 Å². The summed E-state index contributed by atoms with van der Waals surface area (Å²) < 4.78 is 6.06. The molecule has 0 saturated carbocycles. The molecule has 5 heteroatoms. The van der Waals surface area contributed by atoms with Gasteiger partial charge in [0.1, 0.15) is 17.1 Å². The van der Waals surface area contributed by atoms with Crippen LogP contribution < -0.4 is 5.43 Å². The summed E-state index contributed by atoms with van der Waals surface area (Å²) in [6, 6.07) is 11.5. The molecule has 0 aliphatic carbocycles. The van der Waals surface area contributed by atoms with Crippen LogP contribution in [0.3, 0.4) is 0 Å². The molecule has 1 heterocycles. The highest BCUT2D eigenvalue weighted by Gasteiger charge is 2.12. The average Bonchev–Trinajstić information content (AvgIpc) is 2.43. The van der Waals surface area contributed by atoms with Crippen molar-refractivity contribution in [1.29, 1.82) is 0 Å². The van der Waals surface area contributed by atoms with Crippen molar-refractivity contribution in [1.82, 2.24) is 0 Å². The van der Waals surface area contributed by atoms with E-state index in [0.717, 1.165) is 5.56 Å². The first-order valence-electron chi connectivity index (χ1n) is 5.77. The summed E-state index contributed by atoms with van der Waals surface area (Å²) in [4.78, 5) is 12.2. The van der Waals surface area contributed by atoms with Gasteiger partial charge in [0, 0.05) is 16.7 Å². The quantitative estimate of drug-likeness (QED) is 0.698. The summed E-state index contributed by atoms with van der Waals surface area (Å²) in [6.45, 7) is 0. The Morgan fingerprint density at radius 2 is 1.80 bits per heavy atom. The Kier molecular flexibility index (Phi) is 3.28. The van der Waals surface area contributed by atoms with Gasteiger partial charge in [0.05, 0.1) is 9.86 Å². The molecule has 20 heavy (non-hydrogen) atoms. The van der Waals surface area contributed by atoms with Crippen molar-refractivity contribution < 1.29 is 9.52 Å². The smallest absolute Gasteiger partial charge is 0.194 e. The highest BCUT2D eigenvalue weighted by atomic mass is 79.9. The van der Waals surface area contributed by atoms with E-state index in [1.807, 2.05) is 0 Å². The third-order valence-electron chi connectivity index (χ3n) is 2.94. The van der Waals surface area contributed by atoms with Gasteiger partial charge in [-0.1, -0.05) is 11.6 Å². The number of benzene rings is 2. The lowest BCUT2D eigenvalue weighted by Gasteiger charge is -2.05. The summed E-state index contributed by atoms with van der Waals surface area (Å²) in [5, 5.41) is 10.6. The second-order valence-corrected chi connectivity index (χ2v) is 5.48. The third kappa shape index (κ3) is 2.21. The van der Waals surface area contributed by atoms with Crippen LogP contribution in [-0.4, -0.2) is 5.11 Å². The van der Waals surface area contributed by atoms with Crippen LogP contribution in [0.4, 0.5) is 0 Å². The Labute approximate surface area is 127 Å². The van der Waals surface area contributed by atoms with Crippen molar-refractivity contribution >= 4 is 38.5 Å². The Morgan fingerprint density at radius 3 is 2.50 bits per heavy atom. The molecule has 0 saturated heterocycles. The fourth-order valence-corrected chi connectivity index (χ4v) is 2.61. The maximum atomic E-state index is 12.2. The molecule has 0 amide bonds. The van der Waals surface area contributed by atoms with E-state index in [0.29, 0.717) is 26.2 Å². The van der Waals surface area contributed by atoms with Crippen LogP contribution in [0.5, 0.6) is 5.75 Å². The second-order valence-electron chi connectivity index (χ2n) is 4.25. The van der Waals surface area contributed by atoms with Gasteiger partial charge in [-0.05, 0) is 52.3 Å². The molecule has 0 aliphatic rings. The molecule has 0 bridgehead atoms. The Hall–Kier alpha value is -1.78. The standard InChI is InChI=1S/C15H8BrClO3/c16-15-10(18)5-6-12-14(15)11(19)7-13(20-12)8-1-3-9(17)4-2-8/h1-7,18H. The molecule has 0 atom stereocenters. The van der Waals surface area contributed by atoms with Crippen molar-refractivity contribution in [2.24, 2.45) is 0 Å². The Morgan fingerprint density at radius 1 is 1.10 bits per heavy atom. The second kappa shape index (κ2) is 4.96. The molecule has 0 spiro atoms. The number of rotatable bonds is 1. The lowest BCUT2D eigenvalue weighted by molar-refractivity contribution is 0.472. The molecule has 2 aromatic carbocycles. The highest BCUT2D eigenvalue weighted by Crippen LogP contribution is 2.32. The van der Waals surface area contributed by atoms with Crippen LogP contribution in [0.15, 0.2) is 56.1 Å². The van der Waals surface area contributed by atoms with E-state index in [4.69, 9.17) is 16.0 Å². The first-order valence-corrected chi connectivity index (χ1v) is 6.94. The maximum absolute atomic E-state index is 12.2. The number of hydrogen-bond donors (Lipinski definition) is 1. The lowest BCUT2D eigenvalue weighted by atomic mass is 10.1. The van der Waals surface area contributed by atoms with Crippen molar-refractivity contribution in [2.75, 3.05) is 0 Å². The number of aromatic hydroxyl groups is 1. The third-order valence-corrected chi connectivity index (χ3v) is 4.00. The summed E-state index contributed by atoms with van der Waals surface area (Å²) in [5.41, 5.74) is 0.948. The predicted octanol–water partition coefficient (Wildman–Crippen LogP) is 4.58. The highest BCUT2D eigenvalue weighted by molar-refractivity contribution is 9.10. The van der Waals surface area contributed by atoms with E-state index >= 15 is 0 Å². The van der Waals surface area contributed by atoms with Crippen LogP contribution in [0.1, 0.15) is 0 Å². The number of halogens is 2. The van der Waals surface area contributed by atoms with E-state index in [9.17, 15) is 9.90 Å². The minimum atomic E-state index is -0.223. The van der Waals surface area contributed by atoms with E-state index < -0.39 is 0 Å². The van der Waals surface area contributed by atoms with Crippen molar-refractivity contribution in [3.8, 4) is 17.1 Å². The number of phenolic OH excluding ortho intramolecular Hbond substituents is 1. The predicted molar refractivity (Wildman–Crippen MR) is 82.3 cm³/mol. The fourth-order valence-electron chi connectivity index (χ4n) is 1.96. The van der Waals surface area contributed by atoms with E-state index in [2.05, 4.69) is 15.9 Å². The SMILES string of the molecule is O=c1cc(-c2ccc(Cl)cc2)oc2ccc(O)c(Br)c12. The van der Waals surface area contributed by atoms with Gasteiger partial charge in [-0.15, -0.1) is 0 Å². The van der Waals surface area contributed by atoms with Gasteiger partial charge < -0.3 is 9.52 Å². The molecule has 1 N–H and O–H groups in total. The van der Waals surface area contributed by atoms with Crippen molar-refractivity contribution in [3.05, 3.63) is 62.2 Å². The van der Waals surface area contributed by atoms with Gasteiger partial charge in [0.2, 0.25) is 0 Å².